The number of aryl methyl sites for hydroxylation is 2. The van der Waals surface area contributed by atoms with Gasteiger partial charge in [0.25, 0.3) is 5.91 Å². The number of amides is 1. The zero-order chi connectivity index (χ0) is 21.1. The van der Waals surface area contributed by atoms with Gasteiger partial charge in [-0.2, -0.15) is 0 Å². The maximum atomic E-state index is 12.5. The van der Waals surface area contributed by atoms with Gasteiger partial charge in [-0.15, -0.1) is 0 Å². The van der Waals surface area contributed by atoms with E-state index in [0.717, 1.165) is 16.7 Å². The number of phenolic OH excluding ortho intramolecular Hbond substituents is 1. The fourth-order valence-corrected chi connectivity index (χ4v) is 3.04. The van der Waals surface area contributed by atoms with Crippen LogP contribution >= 0.6 is 12.2 Å². The molecular formula is C23H24N2O3S. The number of carbonyl (C=O) groups excluding carboxylic acids is 1. The summed E-state index contributed by atoms with van der Waals surface area (Å²) in [5.74, 6) is 0.659. The third-order valence-electron chi connectivity index (χ3n) is 4.78. The summed E-state index contributed by atoms with van der Waals surface area (Å²) < 4.78 is 5.70. The number of phenols is 1. The Morgan fingerprint density at radius 1 is 1.03 bits per heavy atom. The van der Waals surface area contributed by atoms with E-state index in [4.69, 9.17) is 16.6 Å². The molecule has 3 N–H and O–H groups in total. The van der Waals surface area contributed by atoms with Gasteiger partial charge in [-0.3, -0.25) is 10.1 Å². The highest BCUT2D eigenvalue weighted by Crippen LogP contribution is 2.28. The molecule has 1 aromatic heterocycles. The lowest BCUT2D eigenvalue weighted by Crippen LogP contribution is -2.33. The van der Waals surface area contributed by atoms with Gasteiger partial charge in [0.05, 0.1) is 5.69 Å². The number of furan rings is 1. The molecular weight excluding hydrogens is 384 g/mol. The van der Waals surface area contributed by atoms with E-state index in [1.807, 2.05) is 44.2 Å². The molecule has 150 valence electrons. The Kier molecular flexibility index (Phi) is 6.03. The van der Waals surface area contributed by atoms with E-state index in [-0.39, 0.29) is 16.6 Å². The summed E-state index contributed by atoms with van der Waals surface area (Å²) in [4.78, 5) is 12.5. The fourth-order valence-electron chi connectivity index (χ4n) is 2.84. The standard InChI is InChI=1S/C23H24N2O3S/c1-13(2)16-7-8-19(26)18(12-16)24-23(29)25-22(27)21-10-9-20(28-21)17-6-5-14(3)15(4)11-17/h5-13,26H,1-4H3,(H2,24,25,27,29). The van der Waals surface area contributed by atoms with Crippen molar-refractivity contribution in [1.82, 2.24) is 5.32 Å². The first-order valence-corrected chi connectivity index (χ1v) is 9.78. The van der Waals surface area contributed by atoms with Gasteiger partial charge < -0.3 is 14.8 Å². The zero-order valence-electron chi connectivity index (χ0n) is 16.9. The van der Waals surface area contributed by atoms with E-state index in [9.17, 15) is 9.90 Å². The first-order chi connectivity index (χ1) is 13.7. The predicted molar refractivity (Wildman–Crippen MR) is 120 cm³/mol. The highest BCUT2D eigenvalue weighted by atomic mass is 32.1. The topological polar surface area (TPSA) is 74.5 Å². The van der Waals surface area contributed by atoms with E-state index in [0.29, 0.717) is 17.4 Å². The zero-order valence-corrected chi connectivity index (χ0v) is 17.7. The van der Waals surface area contributed by atoms with E-state index in [1.165, 1.54) is 5.56 Å². The molecule has 0 spiro atoms. The van der Waals surface area contributed by atoms with Crippen molar-refractivity contribution in [2.24, 2.45) is 0 Å². The summed E-state index contributed by atoms with van der Waals surface area (Å²) in [5, 5.41) is 15.6. The summed E-state index contributed by atoms with van der Waals surface area (Å²) in [6.07, 6.45) is 0. The van der Waals surface area contributed by atoms with Crippen molar-refractivity contribution in [2.75, 3.05) is 5.32 Å². The summed E-state index contributed by atoms with van der Waals surface area (Å²) in [6, 6.07) is 14.6. The van der Waals surface area contributed by atoms with Crippen molar-refractivity contribution < 1.29 is 14.3 Å². The third-order valence-corrected chi connectivity index (χ3v) is 4.99. The first kappa shape index (κ1) is 20.6. The molecule has 6 heteroatoms. The van der Waals surface area contributed by atoms with Crippen molar-refractivity contribution in [3.63, 3.8) is 0 Å². The van der Waals surface area contributed by atoms with Gasteiger partial charge in [0.2, 0.25) is 0 Å². The van der Waals surface area contributed by atoms with E-state index < -0.39 is 5.91 Å². The van der Waals surface area contributed by atoms with Crippen molar-refractivity contribution in [2.45, 2.75) is 33.6 Å². The second-order valence-corrected chi connectivity index (χ2v) is 7.71. The van der Waals surface area contributed by atoms with Gasteiger partial charge in [0.15, 0.2) is 10.9 Å². The lowest BCUT2D eigenvalue weighted by molar-refractivity contribution is 0.0951. The number of hydrogen-bond donors (Lipinski definition) is 3. The average Bonchev–Trinajstić information content (AvgIpc) is 3.16. The minimum atomic E-state index is -0.461. The van der Waals surface area contributed by atoms with Gasteiger partial charge in [-0.25, -0.2) is 0 Å². The van der Waals surface area contributed by atoms with Crippen LogP contribution in [0.2, 0.25) is 0 Å². The number of nitrogens with one attached hydrogen (secondary N) is 2. The Balaban J connectivity index is 1.69. The van der Waals surface area contributed by atoms with Gasteiger partial charge in [0.1, 0.15) is 11.5 Å². The summed E-state index contributed by atoms with van der Waals surface area (Å²) in [7, 11) is 0. The fraction of sp³-hybridized carbons (Fsp3) is 0.217. The molecule has 0 aliphatic rings. The maximum Gasteiger partial charge on any atom is 0.293 e. The summed E-state index contributed by atoms with van der Waals surface area (Å²) in [5.41, 5.74) is 4.74. The summed E-state index contributed by atoms with van der Waals surface area (Å²) >= 11 is 5.22. The molecule has 0 unspecified atom stereocenters. The molecule has 0 aliphatic carbocycles. The molecule has 3 aromatic rings. The van der Waals surface area contributed by atoms with E-state index >= 15 is 0 Å². The van der Waals surface area contributed by atoms with Crippen LogP contribution in [0.1, 0.15) is 47.0 Å². The molecule has 0 fully saturated rings. The number of anilines is 1. The molecule has 1 amide bonds. The van der Waals surface area contributed by atoms with Crippen molar-refractivity contribution in [1.29, 1.82) is 0 Å². The predicted octanol–water partition coefficient (Wildman–Crippen LogP) is 5.52. The van der Waals surface area contributed by atoms with Gasteiger partial charge in [0, 0.05) is 5.56 Å². The largest absolute Gasteiger partial charge is 0.506 e. The van der Waals surface area contributed by atoms with E-state index in [1.54, 1.807) is 18.2 Å². The highest BCUT2D eigenvalue weighted by Gasteiger charge is 2.15. The molecule has 3 rings (SSSR count). The van der Waals surface area contributed by atoms with Crippen molar-refractivity contribution in [3.8, 4) is 17.1 Å². The van der Waals surface area contributed by atoms with Crippen LogP contribution in [0.25, 0.3) is 11.3 Å². The second-order valence-electron chi connectivity index (χ2n) is 7.30. The molecule has 0 radical (unpaired) electrons. The van der Waals surface area contributed by atoms with Crippen LogP contribution in [0.4, 0.5) is 5.69 Å². The van der Waals surface area contributed by atoms with Crippen molar-refractivity contribution >= 4 is 28.9 Å². The lowest BCUT2D eigenvalue weighted by Gasteiger charge is -2.13. The molecule has 1 heterocycles. The Hall–Kier alpha value is -3.12. The SMILES string of the molecule is Cc1ccc(-c2ccc(C(=O)NC(=S)Nc3cc(C(C)C)ccc3O)o2)cc1C. The monoisotopic (exact) mass is 408 g/mol. The van der Waals surface area contributed by atoms with Crippen LogP contribution in [0.15, 0.2) is 52.9 Å². The molecule has 0 aliphatic heterocycles. The van der Waals surface area contributed by atoms with Crippen LogP contribution in [0, 0.1) is 13.8 Å². The Morgan fingerprint density at radius 2 is 1.79 bits per heavy atom. The van der Waals surface area contributed by atoms with Crippen LogP contribution in [0.3, 0.4) is 0 Å². The molecule has 0 saturated heterocycles. The molecule has 0 atom stereocenters. The normalized spacial score (nSPS) is 10.8. The number of thiocarbonyl (C=S) groups is 1. The highest BCUT2D eigenvalue weighted by molar-refractivity contribution is 7.80. The summed E-state index contributed by atoms with van der Waals surface area (Å²) in [6.45, 7) is 8.19. The van der Waals surface area contributed by atoms with Gasteiger partial charge >= 0.3 is 0 Å². The third kappa shape index (κ3) is 4.84. The molecule has 5 nitrogen and oxygen atoms in total. The Morgan fingerprint density at radius 3 is 2.48 bits per heavy atom. The number of carbonyl (C=O) groups is 1. The number of benzene rings is 2. The first-order valence-electron chi connectivity index (χ1n) is 9.37. The van der Waals surface area contributed by atoms with Crippen LogP contribution in [0.5, 0.6) is 5.75 Å². The Bertz CT molecular complexity index is 1070. The van der Waals surface area contributed by atoms with Gasteiger partial charge in [-0.1, -0.05) is 32.0 Å². The number of aromatic hydroxyl groups is 1. The van der Waals surface area contributed by atoms with Gasteiger partial charge in [-0.05, 0) is 79.0 Å². The molecule has 29 heavy (non-hydrogen) atoms. The average molecular weight is 409 g/mol. The van der Waals surface area contributed by atoms with Crippen LogP contribution in [-0.4, -0.2) is 16.1 Å². The number of hydrogen-bond acceptors (Lipinski definition) is 4. The van der Waals surface area contributed by atoms with Crippen LogP contribution in [-0.2, 0) is 0 Å². The lowest BCUT2D eigenvalue weighted by atomic mass is 10.0. The number of rotatable bonds is 4. The van der Waals surface area contributed by atoms with E-state index in [2.05, 4.69) is 24.5 Å². The quantitative estimate of drug-likeness (QED) is 0.392. The smallest absolute Gasteiger partial charge is 0.293 e. The molecule has 0 saturated carbocycles. The molecule has 0 bridgehead atoms. The minimum absolute atomic E-state index is 0.0565. The second kappa shape index (κ2) is 8.49. The maximum absolute atomic E-state index is 12.5. The minimum Gasteiger partial charge on any atom is -0.506 e. The van der Waals surface area contributed by atoms with Crippen molar-refractivity contribution in [3.05, 3.63) is 71.0 Å². The Labute approximate surface area is 175 Å². The van der Waals surface area contributed by atoms with Crippen LogP contribution < -0.4 is 10.6 Å². The molecule has 2 aromatic carbocycles.